The van der Waals surface area contributed by atoms with Crippen molar-refractivity contribution in [2.45, 2.75) is 6.42 Å². The number of hydrazine groups is 1. The molecule has 1 aliphatic heterocycles. The fourth-order valence-electron chi connectivity index (χ4n) is 1.72. The molecule has 0 atom stereocenters. The van der Waals surface area contributed by atoms with Crippen LogP contribution in [0.3, 0.4) is 0 Å². The zero-order valence-electron chi connectivity index (χ0n) is 8.78. The third-order valence-corrected chi connectivity index (χ3v) is 2.47. The van der Waals surface area contributed by atoms with Gasteiger partial charge in [0.1, 0.15) is 0 Å². The number of nitrogens with zero attached hydrogens (tertiary/aromatic N) is 2. The highest BCUT2D eigenvalue weighted by Gasteiger charge is 2.16. The summed E-state index contributed by atoms with van der Waals surface area (Å²) in [7, 11) is 0. The lowest BCUT2D eigenvalue weighted by Crippen LogP contribution is -2.53. The lowest BCUT2D eigenvalue weighted by atomic mass is 10.4. The first-order valence-electron chi connectivity index (χ1n) is 5.40. The molecule has 0 amide bonds. The maximum atomic E-state index is 8.95. The number of hydrogen-bond acceptors (Lipinski definition) is 5. The van der Waals surface area contributed by atoms with Crippen molar-refractivity contribution >= 4 is 0 Å². The summed E-state index contributed by atoms with van der Waals surface area (Å²) < 4.78 is 0. The predicted octanol–water partition coefficient (Wildman–Crippen LogP) is -1.55. The van der Waals surface area contributed by atoms with Crippen LogP contribution in [0.2, 0.25) is 0 Å². The van der Waals surface area contributed by atoms with Crippen LogP contribution < -0.4 is 11.1 Å². The molecule has 5 nitrogen and oxygen atoms in total. The Morgan fingerprint density at radius 3 is 2.57 bits per heavy atom. The molecular formula is C9H22N4O. The van der Waals surface area contributed by atoms with Crippen LogP contribution in [0.1, 0.15) is 6.42 Å². The molecule has 1 aliphatic rings. The third kappa shape index (κ3) is 3.89. The fourth-order valence-corrected chi connectivity index (χ4v) is 1.72. The number of aliphatic hydroxyl groups is 1. The zero-order chi connectivity index (χ0) is 10.2. The molecule has 1 heterocycles. The Labute approximate surface area is 85.8 Å². The van der Waals surface area contributed by atoms with Crippen molar-refractivity contribution in [3.8, 4) is 0 Å². The average Bonchev–Trinajstić information content (AvgIpc) is 2.25. The number of piperazine rings is 1. The van der Waals surface area contributed by atoms with Crippen molar-refractivity contribution in [3.63, 3.8) is 0 Å². The predicted molar refractivity (Wildman–Crippen MR) is 56.8 cm³/mol. The molecule has 4 N–H and O–H groups in total. The quantitative estimate of drug-likeness (QED) is 0.487. The van der Waals surface area contributed by atoms with E-state index < -0.39 is 0 Å². The van der Waals surface area contributed by atoms with E-state index in [4.69, 9.17) is 10.8 Å². The van der Waals surface area contributed by atoms with E-state index in [0.717, 1.165) is 45.7 Å². The van der Waals surface area contributed by atoms with Crippen molar-refractivity contribution in [3.05, 3.63) is 0 Å². The molecule has 14 heavy (non-hydrogen) atoms. The number of hydrogen-bond donors (Lipinski definition) is 3. The van der Waals surface area contributed by atoms with Crippen LogP contribution >= 0.6 is 0 Å². The van der Waals surface area contributed by atoms with Gasteiger partial charge in [-0.1, -0.05) is 0 Å². The first-order valence-corrected chi connectivity index (χ1v) is 5.40. The number of aliphatic hydroxyl groups excluding tert-OH is 1. The van der Waals surface area contributed by atoms with Crippen LogP contribution in [-0.4, -0.2) is 67.5 Å². The van der Waals surface area contributed by atoms with Gasteiger partial charge in [-0.25, -0.2) is 10.0 Å². The Morgan fingerprint density at radius 1 is 1.29 bits per heavy atom. The van der Waals surface area contributed by atoms with Crippen LogP contribution in [0.4, 0.5) is 0 Å². The first-order chi connectivity index (χ1) is 6.88. The van der Waals surface area contributed by atoms with Gasteiger partial charge in [-0.05, 0) is 13.0 Å². The first kappa shape index (κ1) is 11.9. The van der Waals surface area contributed by atoms with E-state index in [1.807, 2.05) is 0 Å². The molecule has 0 unspecified atom stereocenters. The van der Waals surface area contributed by atoms with E-state index in [1.54, 1.807) is 0 Å². The molecule has 0 aromatic heterocycles. The van der Waals surface area contributed by atoms with E-state index in [0.29, 0.717) is 6.54 Å². The van der Waals surface area contributed by atoms with Crippen molar-refractivity contribution in [1.82, 2.24) is 15.3 Å². The van der Waals surface area contributed by atoms with Crippen LogP contribution in [0.15, 0.2) is 0 Å². The van der Waals surface area contributed by atoms with E-state index in [1.165, 1.54) is 0 Å². The van der Waals surface area contributed by atoms with Gasteiger partial charge >= 0.3 is 0 Å². The van der Waals surface area contributed by atoms with Crippen molar-refractivity contribution in [1.29, 1.82) is 0 Å². The summed E-state index contributed by atoms with van der Waals surface area (Å²) in [6.07, 6.45) is 0.990. The van der Waals surface area contributed by atoms with Gasteiger partial charge in [-0.3, -0.25) is 0 Å². The maximum absolute atomic E-state index is 8.95. The molecule has 0 spiro atoms. The normalized spacial score (nSPS) is 19.1. The summed E-state index contributed by atoms with van der Waals surface area (Å²) in [6, 6.07) is 0. The van der Waals surface area contributed by atoms with Gasteiger partial charge in [-0.2, -0.15) is 0 Å². The molecule has 0 aliphatic carbocycles. The highest BCUT2D eigenvalue weighted by molar-refractivity contribution is 4.67. The monoisotopic (exact) mass is 202 g/mol. The number of nitrogens with two attached hydrogens (primary N) is 1. The second kappa shape index (κ2) is 7.14. The highest BCUT2D eigenvalue weighted by atomic mass is 16.3. The molecular weight excluding hydrogens is 180 g/mol. The van der Waals surface area contributed by atoms with Crippen molar-refractivity contribution in [2.24, 2.45) is 5.73 Å². The molecule has 0 radical (unpaired) electrons. The summed E-state index contributed by atoms with van der Waals surface area (Å²) in [5.41, 5.74) is 5.48. The topological polar surface area (TPSA) is 64.8 Å². The Morgan fingerprint density at radius 2 is 2.00 bits per heavy atom. The minimum Gasteiger partial charge on any atom is -0.395 e. The molecule has 0 aromatic carbocycles. The smallest absolute Gasteiger partial charge is 0.0572 e. The summed E-state index contributed by atoms with van der Waals surface area (Å²) in [5.74, 6) is 0. The second-order valence-corrected chi connectivity index (χ2v) is 3.52. The summed E-state index contributed by atoms with van der Waals surface area (Å²) in [5, 5.41) is 16.8. The van der Waals surface area contributed by atoms with Gasteiger partial charge in [0, 0.05) is 39.3 Å². The second-order valence-electron chi connectivity index (χ2n) is 3.52. The van der Waals surface area contributed by atoms with Crippen LogP contribution in [0.25, 0.3) is 0 Å². The molecule has 1 saturated heterocycles. The highest BCUT2D eigenvalue weighted by Crippen LogP contribution is 2.00. The zero-order valence-corrected chi connectivity index (χ0v) is 8.78. The van der Waals surface area contributed by atoms with Gasteiger partial charge in [0.25, 0.3) is 0 Å². The van der Waals surface area contributed by atoms with E-state index in [2.05, 4.69) is 15.3 Å². The molecule has 1 fully saturated rings. The third-order valence-electron chi connectivity index (χ3n) is 2.47. The van der Waals surface area contributed by atoms with Crippen molar-refractivity contribution < 1.29 is 5.11 Å². The maximum Gasteiger partial charge on any atom is 0.0572 e. The average molecular weight is 202 g/mol. The van der Waals surface area contributed by atoms with Crippen LogP contribution in [-0.2, 0) is 0 Å². The molecule has 1 rings (SSSR count). The summed E-state index contributed by atoms with van der Waals surface area (Å²) in [6.45, 7) is 6.74. The largest absolute Gasteiger partial charge is 0.395 e. The lowest BCUT2D eigenvalue weighted by Gasteiger charge is -2.37. The fraction of sp³-hybridized carbons (Fsp3) is 1.00. The lowest BCUT2D eigenvalue weighted by molar-refractivity contribution is -0.0435. The Hall–Kier alpha value is -0.200. The molecule has 0 aromatic rings. The van der Waals surface area contributed by atoms with E-state index >= 15 is 0 Å². The Balaban J connectivity index is 2.30. The van der Waals surface area contributed by atoms with Gasteiger partial charge in [0.15, 0.2) is 0 Å². The SMILES string of the molecule is NCCCN(CCO)N1CCNCC1. The van der Waals surface area contributed by atoms with Gasteiger partial charge in [-0.15, -0.1) is 0 Å². The molecule has 5 heteroatoms. The standard InChI is InChI=1S/C9H22N4O/c10-2-1-5-12(8-9-14)13-6-3-11-4-7-13/h11,14H,1-10H2. The van der Waals surface area contributed by atoms with E-state index in [-0.39, 0.29) is 6.61 Å². The van der Waals surface area contributed by atoms with Crippen LogP contribution in [0.5, 0.6) is 0 Å². The summed E-state index contributed by atoms with van der Waals surface area (Å²) >= 11 is 0. The Kier molecular flexibility index (Phi) is 6.05. The Bertz CT molecular complexity index is 139. The van der Waals surface area contributed by atoms with Gasteiger partial charge in [0.05, 0.1) is 6.61 Å². The number of nitrogens with one attached hydrogen (secondary N) is 1. The molecule has 0 bridgehead atoms. The van der Waals surface area contributed by atoms with Crippen molar-refractivity contribution in [2.75, 3.05) is 52.4 Å². The molecule has 84 valence electrons. The number of rotatable bonds is 6. The minimum atomic E-state index is 0.217. The van der Waals surface area contributed by atoms with Crippen LogP contribution in [0, 0.1) is 0 Å². The van der Waals surface area contributed by atoms with Gasteiger partial charge in [0.2, 0.25) is 0 Å². The van der Waals surface area contributed by atoms with Gasteiger partial charge < -0.3 is 16.2 Å². The minimum absolute atomic E-state index is 0.217. The molecule has 0 saturated carbocycles. The van der Waals surface area contributed by atoms with E-state index in [9.17, 15) is 0 Å². The summed E-state index contributed by atoms with van der Waals surface area (Å²) in [4.78, 5) is 0.